The van der Waals surface area contributed by atoms with Crippen molar-refractivity contribution in [1.29, 1.82) is 0 Å². The molecule has 1 aliphatic rings. The molecule has 3 aromatic rings. The summed E-state index contributed by atoms with van der Waals surface area (Å²) in [6.07, 6.45) is -0.0549. The van der Waals surface area contributed by atoms with Gasteiger partial charge in [-0.2, -0.15) is 0 Å². The largest absolute Gasteiger partial charge is 0.497 e. The minimum Gasteiger partial charge on any atom is -0.497 e. The molecule has 1 aliphatic heterocycles. The number of nitrogens with one attached hydrogen (secondary N) is 1. The molecular formula is C29H27N3O7S. The number of ether oxygens (including phenoxy) is 2. The number of aliphatic imine (C=N–C) groups is 1. The van der Waals surface area contributed by atoms with E-state index in [9.17, 15) is 19.2 Å². The average Bonchev–Trinajstić information content (AvgIpc) is 2.95. The fourth-order valence-corrected chi connectivity index (χ4v) is 4.92. The first kappa shape index (κ1) is 28.4. The maximum atomic E-state index is 13.3. The van der Waals surface area contributed by atoms with E-state index in [4.69, 9.17) is 14.6 Å². The normalized spacial score (nSPS) is 15.9. The number of hydrogen-bond acceptors (Lipinski definition) is 8. The molecule has 1 atom stereocenters. The van der Waals surface area contributed by atoms with E-state index in [0.717, 1.165) is 17.3 Å². The molecule has 1 saturated heterocycles. The van der Waals surface area contributed by atoms with E-state index in [0.29, 0.717) is 27.9 Å². The van der Waals surface area contributed by atoms with Gasteiger partial charge in [0.25, 0.3) is 0 Å². The fourth-order valence-electron chi connectivity index (χ4n) is 3.83. The Morgan fingerprint density at radius 3 is 2.25 bits per heavy atom. The molecule has 3 aromatic carbocycles. The number of carbonyl (C=O) groups is 4. The second kappa shape index (κ2) is 12.9. The number of benzene rings is 3. The zero-order valence-corrected chi connectivity index (χ0v) is 22.6. The van der Waals surface area contributed by atoms with Gasteiger partial charge in [-0.1, -0.05) is 23.9 Å². The van der Waals surface area contributed by atoms with Crippen LogP contribution in [0.25, 0.3) is 0 Å². The van der Waals surface area contributed by atoms with Crippen LogP contribution in [0.5, 0.6) is 5.75 Å². The Bertz CT molecular complexity index is 1420. The Morgan fingerprint density at radius 1 is 1.00 bits per heavy atom. The lowest BCUT2D eigenvalue weighted by molar-refractivity contribution is -0.129. The monoisotopic (exact) mass is 561 g/mol. The van der Waals surface area contributed by atoms with Crippen LogP contribution < -0.4 is 10.1 Å². The van der Waals surface area contributed by atoms with E-state index >= 15 is 0 Å². The number of rotatable bonds is 9. The lowest BCUT2D eigenvalue weighted by atomic mass is 10.1. The van der Waals surface area contributed by atoms with Crippen molar-refractivity contribution >= 4 is 52.1 Å². The number of nitrogens with zero attached hydrogens (tertiary/aromatic N) is 2. The number of thioether (sulfide) groups is 1. The third-order valence-electron chi connectivity index (χ3n) is 5.93. The maximum Gasteiger partial charge on any atom is 0.338 e. The quantitative estimate of drug-likeness (QED) is 0.358. The van der Waals surface area contributed by atoms with Crippen molar-refractivity contribution in [1.82, 2.24) is 4.90 Å². The van der Waals surface area contributed by atoms with E-state index in [1.807, 2.05) is 12.1 Å². The van der Waals surface area contributed by atoms with Crippen LogP contribution in [0.15, 0.2) is 77.8 Å². The topological polar surface area (TPSA) is 135 Å². The van der Waals surface area contributed by atoms with Gasteiger partial charge in [0.05, 0.1) is 37.1 Å². The molecule has 11 heteroatoms. The maximum absolute atomic E-state index is 13.3. The number of hydrogen-bond donors (Lipinski definition) is 2. The number of anilines is 1. The first-order valence-corrected chi connectivity index (χ1v) is 13.3. The molecule has 1 heterocycles. The predicted molar refractivity (Wildman–Crippen MR) is 151 cm³/mol. The van der Waals surface area contributed by atoms with Crippen LogP contribution >= 0.6 is 11.8 Å². The van der Waals surface area contributed by atoms with Crippen LogP contribution in [0.1, 0.15) is 39.6 Å². The van der Waals surface area contributed by atoms with Crippen LogP contribution in [0.2, 0.25) is 0 Å². The Balaban J connectivity index is 1.58. The van der Waals surface area contributed by atoms with Gasteiger partial charge in [-0.3, -0.25) is 14.5 Å². The average molecular weight is 562 g/mol. The van der Waals surface area contributed by atoms with Gasteiger partial charge in [-0.05, 0) is 73.2 Å². The minimum absolute atomic E-state index is 0.0549. The molecule has 4 rings (SSSR count). The fraction of sp³-hybridized carbons (Fsp3) is 0.207. The van der Waals surface area contributed by atoms with Crippen LogP contribution in [-0.2, 0) is 20.9 Å². The van der Waals surface area contributed by atoms with Gasteiger partial charge in [0.1, 0.15) is 11.0 Å². The molecular weight excluding hydrogens is 534 g/mol. The van der Waals surface area contributed by atoms with Crippen molar-refractivity contribution in [2.24, 2.45) is 4.99 Å². The highest BCUT2D eigenvalue weighted by Gasteiger charge is 2.36. The molecule has 2 amide bonds. The second-order valence-electron chi connectivity index (χ2n) is 8.67. The summed E-state index contributed by atoms with van der Waals surface area (Å²) in [4.78, 5) is 55.7. The minimum atomic E-state index is -1.07. The highest BCUT2D eigenvalue weighted by atomic mass is 32.2. The van der Waals surface area contributed by atoms with E-state index in [1.165, 1.54) is 29.2 Å². The van der Waals surface area contributed by atoms with E-state index in [2.05, 4.69) is 10.3 Å². The number of esters is 1. The Labute approximate surface area is 235 Å². The van der Waals surface area contributed by atoms with Crippen LogP contribution in [0.4, 0.5) is 11.4 Å². The number of carbonyl (C=O) groups excluding carboxylic acids is 3. The number of carboxylic acids is 1. The number of methoxy groups -OCH3 is 1. The van der Waals surface area contributed by atoms with Crippen LogP contribution in [-0.4, -0.2) is 57.9 Å². The molecule has 1 fully saturated rings. The summed E-state index contributed by atoms with van der Waals surface area (Å²) in [6, 6.07) is 19.5. The SMILES string of the molecule is CCOC(=O)c1ccc(N=C2S[C@H](C(=O)Nc3ccc(C(=O)O)cc3)CC(=O)N2Cc2ccc(OC)cc2)cc1. The standard InChI is InChI=1S/C29H27N3O7S/c1-3-39-28(37)20-8-12-22(13-9-20)31-29-32(17-18-4-14-23(38-2)15-5-18)25(33)16-24(40-29)26(34)30-21-10-6-19(7-11-21)27(35)36/h4-15,24H,3,16-17H2,1-2H3,(H,30,34)(H,35,36)/t24-/m0/s1. The summed E-state index contributed by atoms with van der Waals surface area (Å²) in [5.41, 5.74) is 2.23. The Kier molecular flexibility index (Phi) is 9.18. The van der Waals surface area contributed by atoms with Gasteiger partial charge in [0.15, 0.2) is 5.17 Å². The van der Waals surface area contributed by atoms with E-state index in [1.54, 1.807) is 50.4 Å². The lowest BCUT2D eigenvalue weighted by Gasteiger charge is -2.32. The number of aromatic carboxylic acids is 1. The van der Waals surface area contributed by atoms with Crippen molar-refractivity contribution in [2.75, 3.05) is 19.0 Å². The van der Waals surface area contributed by atoms with Crippen molar-refractivity contribution in [3.05, 3.63) is 89.5 Å². The van der Waals surface area contributed by atoms with Crippen molar-refractivity contribution in [3.63, 3.8) is 0 Å². The van der Waals surface area contributed by atoms with E-state index < -0.39 is 23.1 Å². The molecule has 40 heavy (non-hydrogen) atoms. The van der Waals surface area contributed by atoms with Gasteiger partial charge in [0.2, 0.25) is 11.8 Å². The first-order chi connectivity index (χ1) is 19.3. The smallest absolute Gasteiger partial charge is 0.338 e. The van der Waals surface area contributed by atoms with Gasteiger partial charge in [0, 0.05) is 12.1 Å². The molecule has 0 bridgehead atoms. The Hall–Kier alpha value is -4.64. The summed E-state index contributed by atoms with van der Waals surface area (Å²) in [6.45, 7) is 2.22. The molecule has 2 N–H and O–H groups in total. The molecule has 0 spiro atoms. The van der Waals surface area contributed by atoms with Crippen LogP contribution in [0.3, 0.4) is 0 Å². The van der Waals surface area contributed by atoms with Gasteiger partial charge < -0.3 is 19.9 Å². The first-order valence-electron chi connectivity index (χ1n) is 12.4. The predicted octanol–water partition coefficient (Wildman–Crippen LogP) is 4.73. The third-order valence-corrected chi connectivity index (χ3v) is 7.12. The van der Waals surface area contributed by atoms with Gasteiger partial charge in [-0.25, -0.2) is 14.6 Å². The van der Waals surface area contributed by atoms with Crippen molar-refractivity contribution in [3.8, 4) is 5.75 Å². The summed E-state index contributed by atoms with van der Waals surface area (Å²) in [7, 11) is 1.57. The number of carboxylic acid groups (broad SMARTS) is 1. The molecule has 206 valence electrons. The van der Waals surface area contributed by atoms with Crippen LogP contribution in [0, 0.1) is 0 Å². The van der Waals surface area contributed by atoms with Crippen molar-refractivity contribution < 1.29 is 33.8 Å². The molecule has 0 aromatic heterocycles. The zero-order valence-electron chi connectivity index (χ0n) is 21.8. The summed E-state index contributed by atoms with van der Waals surface area (Å²) in [5, 5.41) is 11.4. The number of amides is 2. The Morgan fingerprint density at radius 2 is 1.65 bits per heavy atom. The third kappa shape index (κ3) is 7.06. The summed E-state index contributed by atoms with van der Waals surface area (Å²) in [5.74, 6) is -1.52. The zero-order chi connectivity index (χ0) is 28.6. The highest BCUT2D eigenvalue weighted by molar-refractivity contribution is 8.15. The van der Waals surface area contributed by atoms with Gasteiger partial charge in [-0.15, -0.1) is 0 Å². The highest BCUT2D eigenvalue weighted by Crippen LogP contribution is 2.31. The summed E-state index contributed by atoms with van der Waals surface area (Å²) < 4.78 is 10.2. The van der Waals surface area contributed by atoms with Gasteiger partial charge >= 0.3 is 11.9 Å². The molecule has 0 saturated carbocycles. The van der Waals surface area contributed by atoms with E-state index in [-0.39, 0.29) is 31.0 Å². The number of amidine groups is 1. The molecule has 0 radical (unpaired) electrons. The van der Waals surface area contributed by atoms with Crippen molar-refractivity contribution in [2.45, 2.75) is 25.1 Å². The summed E-state index contributed by atoms with van der Waals surface area (Å²) >= 11 is 1.15. The molecule has 0 unspecified atom stereocenters. The molecule has 0 aliphatic carbocycles. The second-order valence-corrected chi connectivity index (χ2v) is 9.84. The molecule has 10 nitrogen and oxygen atoms in total. The lowest BCUT2D eigenvalue weighted by Crippen LogP contribution is -2.44.